The van der Waals surface area contributed by atoms with Gasteiger partial charge in [0, 0.05) is 6.54 Å². The molecule has 0 spiro atoms. The molecule has 1 aliphatic carbocycles. The van der Waals surface area contributed by atoms with E-state index in [0.717, 1.165) is 31.5 Å². The maximum absolute atomic E-state index is 9.22. The summed E-state index contributed by atoms with van der Waals surface area (Å²) < 4.78 is 10.5. The van der Waals surface area contributed by atoms with Crippen molar-refractivity contribution in [1.29, 1.82) is 0 Å². The Morgan fingerprint density at radius 3 is 2.63 bits per heavy atom. The second-order valence-electron chi connectivity index (χ2n) is 4.94. The van der Waals surface area contributed by atoms with E-state index in [4.69, 9.17) is 21.1 Å². The van der Waals surface area contributed by atoms with E-state index in [2.05, 4.69) is 5.32 Å². The third-order valence-electron chi connectivity index (χ3n) is 3.47. The number of halogens is 1. The van der Waals surface area contributed by atoms with Crippen LogP contribution in [0, 0.1) is 5.92 Å². The van der Waals surface area contributed by atoms with Crippen LogP contribution in [0.5, 0.6) is 11.5 Å². The molecule has 5 heteroatoms. The molecule has 4 nitrogen and oxygen atoms in total. The zero-order chi connectivity index (χ0) is 13.8. The van der Waals surface area contributed by atoms with Crippen LogP contribution in [0.1, 0.15) is 18.4 Å². The molecule has 0 amide bonds. The number of hydrogen-bond donors (Lipinski definition) is 2. The number of hydrogen-bond acceptors (Lipinski definition) is 4. The van der Waals surface area contributed by atoms with E-state index in [9.17, 15) is 5.11 Å². The van der Waals surface area contributed by atoms with Crippen LogP contribution < -0.4 is 14.8 Å². The first-order valence-electron chi connectivity index (χ1n) is 6.43. The van der Waals surface area contributed by atoms with Crippen LogP contribution in [0.4, 0.5) is 0 Å². The van der Waals surface area contributed by atoms with E-state index in [1.807, 2.05) is 12.1 Å². The van der Waals surface area contributed by atoms with Crippen molar-refractivity contribution in [2.75, 3.05) is 20.8 Å². The fraction of sp³-hybridized carbons (Fsp3) is 0.571. The fourth-order valence-corrected chi connectivity index (χ4v) is 2.67. The molecule has 0 aromatic heterocycles. The van der Waals surface area contributed by atoms with Crippen LogP contribution >= 0.6 is 11.6 Å². The van der Waals surface area contributed by atoms with Crippen LogP contribution in [0.2, 0.25) is 5.02 Å². The zero-order valence-electron chi connectivity index (χ0n) is 11.3. The molecule has 0 bridgehead atoms. The van der Waals surface area contributed by atoms with Crippen molar-refractivity contribution < 1.29 is 14.6 Å². The van der Waals surface area contributed by atoms with Gasteiger partial charge in [0.25, 0.3) is 0 Å². The van der Waals surface area contributed by atoms with Crippen LogP contribution in [-0.4, -0.2) is 32.0 Å². The first kappa shape index (κ1) is 14.4. The Morgan fingerprint density at radius 2 is 2.05 bits per heavy atom. The molecule has 0 saturated heterocycles. The van der Waals surface area contributed by atoms with Gasteiger partial charge in [-0.25, -0.2) is 0 Å². The molecule has 0 aliphatic heterocycles. The Labute approximate surface area is 118 Å². The Bertz CT molecular complexity index is 433. The molecule has 0 radical (unpaired) electrons. The maximum atomic E-state index is 9.22. The van der Waals surface area contributed by atoms with Crippen molar-refractivity contribution in [1.82, 2.24) is 5.32 Å². The summed E-state index contributed by atoms with van der Waals surface area (Å²) in [5.74, 6) is 1.80. The standard InChI is InChI=1S/C14H20ClNO3/c1-18-13-6-10(5-12(15)14(13)19-2)8-16-7-9-3-11(17)4-9/h5-6,9,11,16-17H,3-4,7-8H2,1-2H3. The summed E-state index contributed by atoms with van der Waals surface area (Å²) in [5, 5.41) is 13.1. The number of aliphatic hydroxyl groups is 1. The number of rotatable bonds is 6. The van der Waals surface area contributed by atoms with Gasteiger partial charge in [-0.1, -0.05) is 11.6 Å². The predicted octanol–water partition coefficient (Wildman–Crippen LogP) is 2.22. The van der Waals surface area contributed by atoms with Gasteiger partial charge in [0.1, 0.15) is 0 Å². The molecule has 2 N–H and O–H groups in total. The van der Waals surface area contributed by atoms with Crippen LogP contribution in [-0.2, 0) is 6.54 Å². The first-order chi connectivity index (χ1) is 9.13. The van der Waals surface area contributed by atoms with Crippen molar-refractivity contribution in [3.63, 3.8) is 0 Å². The number of benzene rings is 1. The second kappa shape index (κ2) is 6.46. The molecule has 0 unspecified atom stereocenters. The van der Waals surface area contributed by atoms with Crippen molar-refractivity contribution >= 4 is 11.6 Å². The van der Waals surface area contributed by atoms with Gasteiger partial charge in [0.2, 0.25) is 0 Å². The Hall–Kier alpha value is -0.970. The minimum absolute atomic E-state index is 0.0951. The number of ether oxygens (including phenoxy) is 2. The van der Waals surface area contributed by atoms with Gasteiger partial charge in [-0.3, -0.25) is 0 Å². The van der Waals surface area contributed by atoms with E-state index in [0.29, 0.717) is 22.4 Å². The third kappa shape index (κ3) is 3.53. The molecule has 1 saturated carbocycles. The highest BCUT2D eigenvalue weighted by Gasteiger charge is 2.26. The largest absolute Gasteiger partial charge is 0.493 e. The summed E-state index contributed by atoms with van der Waals surface area (Å²) in [5.41, 5.74) is 1.06. The van der Waals surface area contributed by atoms with Gasteiger partial charge in [-0.15, -0.1) is 0 Å². The highest BCUT2D eigenvalue weighted by atomic mass is 35.5. The van der Waals surface area contributed by atoms with Gasteiger partial charge in [0.05, 0.1) is 25.3 Å². The lowest BCUT2D eigenvalue weighted by atomic mass is 9.82. The average Bonchev–Trinajstić information content (AvgIpc) is 2.35. The van der Waals surface area contributed by atoms with Gasteiger partial charge in [-0.05, 0) is 43.0 Å². The quantitative estimate of drug-likeness (QED) is 0.841. The van der Waals surface area contributed by atoms with E-state index < -0.39 is 0 Å². The third-order valence-corrected chi connectivity index (χ3v) is 3.75. The van der Waals surface area contributed by atoms with E-state index in [-0.39, 0.29) is 6.10 Å². The summed E-state index contributed by atoms with van der Waals surface area (Å²) in [6.07, 6.45) is 1.71. The highest BCUT2D eigenvalue weighted by molar-refractivity contribution is 6.32. The average molecular weight is 286 g/mol. The van der Waals surface area contributed by atoms with Gasteiger partial charge in [-0.2, -0.15) is 0 Å². The summed E-state index contributed by atoms with van der Waals surface area (Å²) >= 11 is 6.15. The Kier molecular flexibility index (Phi) is 4.91. The minimum Gasteiger partial charge on any atom is -0.493 e. The lowest BCUT2D eigenvalue weighted by molar-refractivity contribution is 0.0430. The predicted molar refractivity (Wildman–Crippen MR) is 75.0 cm³/mol. The van der Waals surface area contributed by atoms with Crippen LogP contribution in [0.25, 0.3) is 0 Å². The number of methoxy groups -OCH3 is 2. The lowest BCUT2D eigenvalue weighted by Gasteiger charge is -2.31. The molecule has 1 aliphatic rings. The Morgan fingerprint density at radius 1 is 1.32 bits per heavy atom. The number of aliphatic hydroxyl groups excluding tert-OH is 1. The van der Waals surface area contributed by atoms with E-state index in [1.165, 1.54) is 0 Å². The van der Waals surface area contributed by atoms with Gasteiger partial charge in [0.15, 0.2) is 11.5 Å². The maximum Gasteiger partial charge on any atom is 0.179 e. The Balaban J connectivity index is 1.91. The molecular weight excluding hydrogens is 266 g/mol. The van der Waals surface area contributed by atoms with Crippen LogP contribution in [0.3, 0.4) is 0 Å². The lowest BCUT2D eigenvalue weighted by Crippen LogP contribution is -2.35. The summed E-state index contributed by atoms with van der Waals surface area (Å²) in [6, 6.07) is 3.80. The number of nitrogens with one attached hydrogen (secondary N) is 1. The topological polar surface area (TPSA) is 50.7 Å². The van der Waals surface area contributed by atoms with Crippen molar-refractivity contribution in [3.05, 3.63) is 22.7 Å². The second-order valence-corrected chi connectivity index (χ2v) is 5.34. The molecule has 2 rings (SSSR count). The molecule has 106 valence electrons. The van der Waals surface area contributed by atoms with E-state index >= 15 is 0 Å². The van der Waals surface area contributed by atoms with Crippen LogP contribution in [0.15, 0.2) is 12.1 Å². The molecule has 1 aromatic carbocycles. The fourth-order valence-electron chi connectivity index (χ4n) is 2.36. The summed E-state index contributed by atoms with van der Waals surface area (Å²) in [6.45, 7) is 1.65. The molecule has 0 heterocycles. The smallest absolute Gasteiger partial charge is 0.179 e. The first-order valence-corrected chi connectivity index (χ1v) is 6.81. The van der Waals surface area contributed by atoms with Crippen molar-refractivity contribution in [3.8, 4) is 11.5 Å². The van der Waals surface area contributed by atoms with Gasteiger partial charge >= 0.3 is 0 Å². The summed E-state index contributed by atoms with van der Waals surface area (Å²) in [4.78, 5) is 0. The molecular formula is C14H20ClNO3. The normalized spacial score (nSPS) is 21.9. The minimum atomic E-state index is -0.0951. The zero-order valence-corrected chi connectivity index (χ0v) is 12.0. The molecule has 1 fully saturated rings. The molecule has 19 heavy (non-hydrogen) atoms. The molecule has 1 aromatic rings. The summed E-state index contributed by atoms with van der Waals surface area (Å²) in [7, 11) is 3.17. The SMILES string of the molecule is COc1cc(CNCC2CC(O)C2)cc(Cl)c1OC. The monoisotopic (exact) mass is 285 g/mol. The van der Waals surface area contributed by atoms with Crippen molar-refractivity contribution in [2.45, 2.75) is 25.5 Å². The highest BCUT2D eigenvalue weighted by Crippen LogP contribution is 2.36. The van der Waals surface area contributed by atoms with Gasteiger partial charge < -0.3 is 19.9 Å². The molecule has 0 atom stereocenters. The van der Waals surface area contributed by atoms with E-state index in [1.54, 1.807) is 14.2 Å². The van der Waals surface area contributed by atoms with Crippen molar-refractivity contribution in [2.24, 2.45) is 5.92 Å².